The number of esters is 1. The first-order valence-electron chi connectivity index (χ1n) is 12.6. The first kappa shape index (κ1) is 30.1. The predicted molar refractivity (Wildman–Crippen MR) is 153 cm³/mol. The van der Waals surface area contributed by atoms with Crippen molar-refractivity contribution < 1.29 is 28.7 Å². The van der Waals surface area contributed by atoms with Gasteiger partial charge in [-0.25, -0.2) is 4.79 Å². The molecule has 2 amide bonds. The van der Waals surface area contributed by atoms with E-state index in [2.05, 4.69) is 22.5 Å². The van der Waals surface area contributed by atoms with Gasteiger partial charge in [-0.15, -0.1) is 0 Å². The molecule has 9 heteroatoms. The molecule has 1 unspecified atom stereocenters. The Kier molecular flexibility index (Phi) is 9.99. The summed E-state index contributed by atoms with van der Waals surface area (Å²) >= 11 is 0. The fraction of sp³-hybridized carbons (Fsp3) is 0.219. The molecule has 0 saturated carbocycles. The second-order valence-corrected chi connectivity index (χ2v) is 9.86. The van der Waals surface area contributed by atoms with Crippen molar-refractivity contribution >= 4 is 35.1 Å². The standard InChI is InChI=1S/C32H29N3O6/c1-32(2,3)41-31(39)35-27-18-23(25(30(38)40-4)15-13-21-9-6-5-7-10-21)14-16-26(27)34-29(37)19-28(36)24-12-8-11-22(17-24)20-33/h5-12,14,16-18,25H,19H2,1-4H3,(H,34,37)(H,35,39). The second kappa shape index (κ2) is 13.6. The lowest BCUT2D eigenvalue weighted by atomic mass is 9.97. The fourth-order valence-electron chi connectivity index (χ4n) is 3.65. The predicted octanol–water partition coefficient (Wildman–Crippen LogP) is 5.43. The number of ketones is 1. The molecule has 3 rings (SSSR count). The normalized spacial score (nSPS) is 11.1. The van der Waals surface area contributed by atoms with Gasteiger partial charge in [-0.2, -0.15) is 5.26 Å². The van der Waals surface area contributed by atoms with Crippen molar-refractivity contribution in [2.45, 2.75) is 38.7 Å². The molecule has 41 heavy (non-hydrogen) atoms. The smallest absolute Gasteiger partial charge is 0.412 e. The summed E-state index contributed by atoms with van der Waals surface area (Å²) in [4.78, 5) is 50.7. The van der Waals surface area contributed by atoms with Crippen LogP contribution in [-0.2, 0) is 19.1 Å². The molecule has 0 bridgehead atoms. The molecule has 2 N–H and O–H groups in total. The van der Waals surface area contributed by atoms with Gasteiger partial charge in [0.2, 0.25) is 5.91 Å². The minimum absolute atomic E-state index is 0.124. The molecule has 0 fully saturated rings. The first-order valence-corrected chi connectivity index (χ1v) is 12.6. The van der Waals surface area contributed by atoms with Crippen LogP contribution in [0.3, 0.4) is 0 Å². The first-order chi connectivity index (χ1) is 19.5. The maximum Gasteiger partial charge on any atom is 0.412 e. The molecule has 0 radical (unpaired) electrons. The summed E-state index contributed by atoms with van der Waals surface area (Å²) in [5.74, 6) is 3.12. The van der Waals surface area contributed by atoms with Gasteiger partial charge in [-0.3, -0.25) is 19.7 Å². The van der Waals surface area contributed by atoms with E-state index >= 15 is 0 Å². The van der Waals surface area contributed by atoms with Crippen LogP contribution in [0.1, 0.15) is 60.2 Å². The summed E-state index contributed by atoms with van der Waals surface area (Å²) in [5, 5.41) is 14.3. The van der Waals surface area contributed by atoms with E-state index in [1.807, 2.05) is 24.3 Å². The SMILES string of the molecule is COC(=O)C(C#Cc1ccccc1)c1ccc(NC(=O)CC(=O)c2cccc(C#N)c2)c(NC(=O)OC(C)(C)C)c1. The van der Waals surface area contributed by atoms with Crippen LogP contribution in [0, 0.1) is 23.2 Å². The maximum absolute atomic E-state index is 12.8. The number of rotatable bonds is 7. The Morgan fingerprint density at radius 2 is 1.59 bits per heavy atom. The number of hydrogen-bond donors (Lipinski definition) is 2. The number of carbonyl (C=O) groups is 4. The van der Waals surface area contributed by atoms with Gasteiger partial charge in [0.1, 0.15) is 11.5 Å². The molecule has 3 aromatic carbocycles. The number of benzene rings is 3. The Bertz CT molecular complexity index is 1560. The molecule has 3 aromatic rings. The van der Waals surface area contributed by atoms with E-state index in [9.17, 15) is 19.2 Å². The van der Waals surface area contributed by atoms with Crippen molar-refractivity contribution in [1.82, 2.24) is 0 Å². The average Bonchev–Trinajstić information content (AvgIpc) is 2.93. The zero-order valence-corrected chi connectivity index (χ0v) is 23.1. The number of ether oxygens (including phenoxy) is 2. The van der Waals surface area contributed by atoms with Gasteiger partial charge in [0.05, 0.1) is 36.5 Å². The van der Waals surface area contributed by atoms with Gasteiger partial charge in [0, 0.05) is 11.1 Å². The molecule has 0 heterocycles. The highest BCUT2D eigenvalue weighted by atomic mass is 16.6. The van der Waals surface area contributed by atoms with Gasteiger partial charge in [0.15, 0.2) is 5.78 Å². The molecule has 0 aliphatic carbocycles. The lowest BCUT2D eigenvalue weighted by Crippen LogP contribution is -2.28. The van der Waals surface area contributed by atoms with E-state index in [1.165, 1.54) is 31.4 Å². The van der Waals surface area contributed by atoms with Crippen LogP contribution in [0.5, 0.6) is 0 Å². The number of carbonyl (C=O) groups excluding carboxylic acids is 4. The molecule has 208 valence electrons. The van der Waals surface area contributed by atoms with E-state index in [0.29, 0.717) is 16.7 Å². The zero-order chi connectivity index (χ0) is 30.0. The molecular weight excluding hydrogens is 522 g/mol. The highest BCUT2D eigenvalue weighted by Crippen LogP contribution is 2.29. The van der Waals surface area contributed by atoms with Crippen LogP contribution in [0.25, 0.3) is 0 Å². The van der Waals surface area contributed by atoms with E-state index in [-0.39, 0.29) is 16.9 Å². The number of nitrogens with zero attached hydrogens (tertiary/aromatic N) is 1. The molecule has 0 aliphatic rings. The van der Waals surface area contributed by atoms with Gasteiger partial charge < -0.3 is 14.8 Å². The quantitative estimate of drug-likeness (QED) is 0.173. The number of nitrogens with one attached hydrogen (secondary N) is 2. The van der Waals surface area contributed by atoms with Crippen LogP contribution in [-0.4, -0.2) is 36.5 Å². The Morgan fingerprint density at radius 3 is 2.24 bits per heavy atom. The van der Waals surface area contributed by atoms with E-state index in [1.54, 1.807) is 51.1 Å². The number of nitriles is 1. The number of hydrogen-bond acceptors (Lipinski definition) is 7. The molecule has 0 saturated heterocycles. The summed E-state index contributed by atoms with van der Waals surface area (Å²) in [6, 6.07) is 21.6. The van der Waals surface area contributed by atoms with Crippen LogP contribution in [0.2, 0.25) is 0 Å². The third kappa shape index (κ3) is 9.09. The van der Waals surface area contributed by atoms with Crippen molar-refractivity contribution in [1.29, 1.82) is 5.26 Å². The Morgan fingerprint density at radius 1 is 0.878 bits per heavy atom. The summed E-state index contributed by atoms with van der Waals surface area (Å²) in [6.45, 7) is 5.10. The Labute approximate surface area is 238 Å². The molecule has 9 nitrogen and oxygen atoms in total. The molecule has 1 atom stereocenters. The molecule has 0 aromatic heterocycles. The summed E-state index contributed by atoms with van der Waals surface area (Å²) in [6.07, 6.45) is -1.30. The van der Waals surface area contributed by atoms with Crippen LogP contribution < -0.4 is 10.6 Å². The van der Waals surface area contributed by atoms with Gasteiger partial charge in [-0.1, -0.05) is 48.2 Å². The molecule has 0 spiro atoms. The van der Waals surface area contributed by atoms with Crippen molar-refractivity contribution in [3.63, 3.8) is 0 Å². The highest BCUT2D eigenvalue weighted by molar-refractivity contribution is 6.12. The van der Waals surface area contributed by atoms with Gasteiger partial charge >= 0.3 is 12.1 Å². The number of methoxy groups -OCH3 is 1. The van der Waals surface area contributed by atoms with Crippen molar-refractivity contribution in [3.05, 3.63) is 95.1 Å². The van der Waals surface area contributed by atoms with Crippen molar-refractivity contribution in [2.75, 3.05) is 17.7 Å². The summed E-state index contributed by atoms with van der Waals surface area (Å²) in [7, 11) is 1.25. The number of amides is 2. The average molecular weight is 552 g/mol. The lowest BCUT2D eigenvalue weighted by molar-refractivity contribution is -0.141. The topological polar surface area (TPSA) is 135 Å². The van der Waals surface area contributed by atoms with Crippen molar-refractivity contribution in [2.24, 2.45) is 0 Å². The third-order valence-electron chi connectivity index (χ3n) is 5.49. The van der Waals surface area contributed by atoms with Crippen molar-refractivity contribution in [3.8, 4) is 17.9 Å². The van der Waals surface area contributed by atoms with E-state index < -0.39 is 41.7 Å². The highest BCUT2D eigenvalue weighted by Gasteiger charge is 2.23. The van der Waals surface area contributed by atoms with Gasteiger partial charge in [0.25, 0.3) is 0 Å². The second-order valence-electron chi connectivity index (χ2n) is 9.86. The molecule has 0 aliphatic heterocycles. The van der Waals surface area contributed by atoms with Gasteiger partial charge in [-0.05, 0) is 62.7 Å². The zero-order valence-electron chi connectivity index (χ0n) is 23.1. The Balaban J connectivity index is 1.92. The minimum atomic E-state index is -1.00. The summed E-state index contributed by atoms with van der Waals surface area (Å²) < 4.78 is 10.3. The van der Waals surface area contributed by atoms with Crippen LogP contribution >= 0.6 is 0 Å². The largest absolute Gasteiger partial charge is 0.468 e. The van der Waals surface area contributed by atoms with E-state index in [0.717, 1.165) is 0 Å². The number of anilines is 2. The minimum Gasteiger partial charge on any atom is -0.468 e. The molecular formula is C32H29N3O6. The third-order valence-corrected chi connectivity index (χ3v) is 5.49. The fourth-order valence-corrected chi connectivity index (χ4v) is 3.65. The lowest BCUT2D eigenvalue weighted by Gasteiger charge is -2.21. The van der Waals surface area contributed by atoms with Crippen LogP contribution in [0.15, 0.2) is 72.8 Å². The monoisotopic (exact) mass is 551 g/mol. The number of Topliss-reactive ketones (excluding diaryl/α,β-unsaturated/α-hetero) is 1. The Hall–Kier alpha value is -5.41. The maximum atomic E-state index is 12.8. The van der Waals surface area contributed by atoms with Crippen LogP contribution in [0.4, 0.5) is 16.2 Å². The van der Waals surface area contributed by atoms with E-state index in [4.69, 9.17) is 14.7 Å². The summed E-state index contributed by atoms with van der Waals surface area (Å²) in [5.41, 5.74) is 1.11.